The van der Waals surface area contributed by atoms with Crippen molar-refractivity contribution in [2.24, 2.45) is 0 Å². The van der Waals surface area contributed by atoms with Crippen LogP contribution in [0.5, 0.6) is 0 Å². The fourth-order valence-corrected chi connectivity index (χ4v) is 3.67. The Morgan fingerprint density at radius 2 is 1.84 bits per heavy atom. The van der Waals surface area contributed by atoms with Crippen molar-refractivity contribution < 1.29 is 9.53 Å². The number of anilines is 2. The normalized spacial score (nSPS) is 10.8. The SMILES string of the molecule is COCCN(C(=O)Cc1cccc(Br)c1)c1c(N)n(Cc2ccccc2)c(=O)[nH]c1=O. The predicted octanol–water partition coefficient (Wildman–Crippen LogP) is 2.15. The van der Waals surface area contributed by atoms with Gasteiger partial charge in [0.1, 0.15) is 5.82 Å². The van der Waals surface area contributed by atoms with E-state index in [4.69, 9.17) is 10.5 Å². The molecule has 3 N–H and O–H groups in total. The Morgan fingerprint density at radius 1 is 1.13 bits per heavy atom. The van der Waals surface area contributed by atoms with Crippen LogP contribution >= 0.6 is 15.9 Å². The second kappa shape index (κ2) is 10.2. The molecule has 0 saturated heterocycles. The van der Waals surface area contributed by atoms with Gasteiger partial charge in [-0.25, -0.2) is 4.79 Å². The zero-order chi connectivity index (χ0) is 22.4. The molecular weight excluding hydrogens is 464 g/mol. The lowest BCUT2D eigenvalue weighted by atomic mass is 10.1. The first-order valence-electron chi connectivity index (χ1n) is 9.61. The molecule has 0 radical (unpaired) electrons. The highest BCUT2D eigenvalue weighted by Crippen LogP contribution is 2.20. The van der Waals surface area contributed by atoms with Crippen LogP contribution in [0.25, 0.3) is 0 Å². The van der Waals surface area contributed by atoms with Gasteiger partial charge in [-0.05, 0) is 23.3 Å². The summed E-state index contributed by atoms with van der Waals surface area (Å²) >= 11 is 3.39. The van der Waals surface area contributed by atoms with Gasteiger partial charge in [0.05, 0.1) is 19.6 Å². The van der Waals surface area contributed by atoms with Crippen molar-refractivity contribution in [1.82, 2.24) is 9.55 Å². The maximum Gasteiger partial charge on any atom is 0.330 e. The number of halogens is 1. The molecule has 0 saturated carbocycles. The van der Waals surface area contributed by atoms with E-state index in [1.807, 2.05) is 54.6 Å². The van der Waals surface area contributed by atoms with Crippen LogP contribution in [0.4, 0.5) is 11.5 Å². The van der Waals surface area contributed by atoms with E-state index in [1.54, 1.807) is 0 Å². The highest BCUT2D eigenvalue weighted by Gasteiger charge is 2.24. The number of nitrogens with two attached hydrogens (primary N) is 1. The lowest BCUT2D eigenvalue weighted by Crippen LogP contribution is -2.43. The fourth-order valence-electron chi connectivity index (χ4n) is 3.22. The van der Waals surface area contributed by atoms with Crippen LogP contribution in [0.1, 0.15) is 11.1 Å². The lowest BCUT2D eigenvalue weighted by Gasteiger charge is -2.24. The molecule has 2 aromatic carbocycles. The van der Waals surface area contributed by atoms with Gasteiger partial charge in [0.15, 0.2) is 5.69 Å². The Bertz CT molecular complexity index is 1170. The summed E-state index contributed by atoms with van der Waals surface area (Å²) in [4.78, 5) is 41.8. The van der Waals surface area contributed by atoms with Crippen molar-refractivity contribution in [3.05, 3.63) is 91.0 Å². The minimum atomic E-state index is -0.717. The molecule has 0 spiro atoms. The molecule has 0 aliphatic carbocycles. The van der Waals surface area contributed by atoms with Gasteiger partial charge in [-0.15, -0.1) is 0 Å². The van der Waals surface area contributed by atoms with Crippen molar-refractivity contribution in [2.45, 2.75) is 13.0 Å². The van der Waals surface area contributed by atoms with Crippen molar-refractivity contribution >= 4 is 33.3 Å². The maximum atomic E-state index is 13.1. The third kappa shape index (κ3) is 5.50. The third-order valence-corrected chi connectivity index (χ3v) is 5.23. The molecule has 3 rings (SSSR count). The third-order valence-electron chi connectivity index (χ3n) is 4.73. The van der Waals surface area contributed by atoms with Gasteiger partial charge in [0.25, 0.3) is 5.56 Å². The molecule has 3 aromatic rings. The van der Waals surface area contributed by atoms with Crippen LogP contribution < -0.4 is 21.9 Å². The van der Waals surface area contributed by atoms with E-state index in [0.717, 1.165) is 15.6 Å². The number of hydrogen-bond acceptors (Lipinski definition) is 5. The molecule has 8 nitrogen and oxygen atoms in total. The molecule has 0 atom stereocenters. The number of aromatic nitrogens is 2. The second-order valence-electron chi connectivity index (χ2n) is 6.91. The molecule has 0 unspecified atom stereocenters. The first kappa shape index (κ1) is 22.5. The molecule has 1 amide bonds. The Kier molecular flexibility index (Phi) is 7.43. The Labute approximate surface area is 187 Å². The number of aromatic amines is 1. The summed E-state index contributed by atoms with van der Waals surface area (Å²) in [7, 11) is 1.50. The van der Waals surface area contributed by atoms with Crippen molar-refractivity contribution in [3.63, 3.8) is 0 Å². The average Bonchev–Trinajstić information content (AvgIpc) is 2.74. The topological polar surface area (TPSA) is 110 Å². The fraction of sp³-hybridized carbons (Fsp3) is 0.227. The van der Waals surface area contributed by atoms with E-state index >= 15 is 0 Å². The molecule has 9 heteroatoms. The smallest absolute Gasteiger partial charge is 0.330 e. The van der Waals surface area contributed by atoms with E-state index < -0.39 is 11.2 Å². The predicted molar refractivity (Wildman–Crippen MR) is 123 cm³/mol. The van der Waals surface area contributed by atoms with Crippen LogP contribution in [0.2, 0.25) is 0 Å². The molecule has 0 aliphatic heterocycles. The van der Waals surface area contributed by atoms with Crippen LogP contribution in [-0.2, 0) is 22.5 Å². The largest absolute Gasteiger partial charge is 0.383 e. The van der Waals surface area contributed by atoms with Gasteiger partial charge < -0.3 is 15.4 Å². The van der Waals surface area contributed by atoms with Crippen molar-refractivity contribution in [3.8, 4) is 0 Å². The average molecular weight is 487 g/mol. The molecular formula is C22H23BrN4O4. The summed E-state index contributed by atoms with van der Waals surface area (Å²) in [6.07, 6.45) is 0.0554. The van der Waals surface area contributed by atoms with E-state index in [1.165, 1.54) is 16.6 Å². The number of carbonyl (C=O) groups excluding carboxylic acids is 1. The molecule has 162 valence electrons. The zero-order valence-corrected chi connectivity index (χ0v) is 18.6. The first-order chi connectivity index (χ1) is 14.9. The van der Waals surface area contributed by atoms with Crippen LogP contribution in [0, 0.1) is 0 Å². The number of nitrogens with zero attached hydrogens (tertiary/aromatic N) is 2. The summed E-state index contributed by atoms with van der Waals surface area (Å²) in [5, 5.41) is 0. The monoisotopic (exact) mass is 486 g/mol. The number of benzene rings is 2. The van der Waals surface area contributed by atoms with Crippen LogP contribution in [0.15, 0.2) is 68.7 Å². The van der Waals surface area contributed by atoms with Crippen LogP contribution in [-0.4, -0.2) is 35.7 Å². The molecule has 0 bridgehead atoms. The van der Waals surface area contributed by atoms with E-state index in [2.05, 4.69) is 20.9 Å². The van der Waals surface area contributed by atoms with Crippen LogP contribution in [0.3, 0.4) is 0 Å². The number of H-pyrrole nitrogens is 1. The van der Waals surface area contributed by atoms with E-state index in [0.29, 0.717) is 0 Å². The highest BCUT2D eigenvalue weighted by atomic mass is 79.9. The van der Waals surface area contributed by atoms with Gasteiger partial charge in [0, 0.05) is 18.1 Å². The number of hydrogen-bond donors (Lipinski definition) is 2. The number of methoxy groups -OCH3 is 1. The molecule has 1 heterocycles. The number of nitrogen functional groups attached to an aromatic ring is 1. The Balaban J connectivity index is 2.02. The Hall–Kier alpha value is -3.17. The number of carbonyl (C=O) groups is 1. The minimum Gasteiger partial charge on any atom is -0.383 e. The van der Waals surface area contributed by atoms with Gasteiger partial charge in [-0.3, -0.25) is 19.1 Å². The van der Waals surface area contributed by atoms with Crippen molar-refractivity contribution in [2.75, 3.05) is 30.9 Å². The number of rotatable bonds is 8. The quantitative estimate of drug-likeness (QED) is 0.506. The number of ether oxygens (including phenoxy) is 1. The van der Waals surface area contributed by atoms with Gasteiger partial charge in [0.2, 0.25) is 5.91 Å². The lowest BCUT2D eigenvalue weighted by molar-refractivity contribution is -0.118. The summed E-state index contributed by atoms with van der Waals surface area (Å²) in [5.41, 5.74) is 6.45. The van der Waals surface area contributed by atoms with Gasteiger partial charge >= 0.3 is 5.69 Å². The molecule has 0 aliphatic rings. The van der Waals surface area contributed by atoms with Crippen molar-refractivity contribution in [1.29, 1.82) is 0 Å². The summed E-state index contributed by atoms with van der Waals surface area (Å²) in [5.74, 6) is -0.409. The standard InChI is InChI=1S/C22H23BrN4O4/c1-31-11-10-26(18(28)13-16-8-5-9-17(23)12-16)19-20(24)27(22(30)25-21(19)29)14-15-6-3-2-4-7-15/h2-9,12H,10-11,13-14,24H2,1H3,(H,25,29,30). The summed E-state index contributed by atoms with van der Waals surface area (Å²) < 4.78 is 7.21. The zero-order valence-electron chi connectivity index (χ0n) is 17.0. The van der Waals surface area contributed by atoms with Gasteiger partial charge in [-0.2, -0.15) is 0 Å². The summed E-state index contributed by atoms with van der Waals surface area (Å²) in [6.45, 7) is 0.467. The summed E-state index contributed by atoms with van der Waals surface area (Å²) in [6, 6.07) is 16.6. The highest BCUT2D eigenvalue weighted by molar-refractivity contribution is 9.10. The second-order valence-corrected chi connectivity index (χ2v) is 7.83. The molecule has 0 fully saturated rings. The van der Waals surface area contributed by atoms with E-state index in [-0.39, 0.29) is 43.5 Å². The van der Waals surface area contributed by atoms with Gasteiger partial charge in [-0.1, -0.05) is 58.4 Å². The number of nitrogens with one attached hydrogen (secondary N) is 1. The molecule has 31 heavy (non-hydrogen) atoms. The Morgan fingerprint density at radius 3 is 2.52 bits per heavy atom. The maximum absolute atomic E-state index is 13.1. The number of amides is 1. The first-order valence-corrected chi connectivity index (χ1v) is 10.4. The van der Waals surface area contributed by atoms with E-state index in [9.17, 15) is 14.4 Å². The molecule has 1 aromatic heterocycles. The minimum absolute atomic E-state index is 0.0554.